The van der Waals surface area contributed by atoms with Crippen LogP contribution in [0.1, 0.15) is 37.7 Å². The van der Waals surface area contributed by atoms with Gasteiger partial charge in [0.2, 0.25) is 0 Å². The standard InChI is InChI=1S/C19H23N5O5S/c25-17-19(9-11-29-14-7-4-3-6-13(14)19)20-18(26)24(17)12-16-22-30(27,28)21-15-8-2-1-5-10-23(15)16/h3-4,6-7,16,22H,1-2,5,8-12H2,(H,20,26)/t16-,19+/m1/s1. The van der Waals surface area contributed by atoms with Crippen molar-refractivity contribution in [2.45, 2.75) is 43.8 Å². The van der Waals surface area contributed by atoms with E-state index in [1.54, 1.807) is 18.2 Å². The van der Waals surface area contributed by atoms with Crippen molar-refractivity contribution in [1.29, 1.82) is 0 Å². The molecular weight excluding hydrogens is 410 g/mol. The summed E-state index contributed by atoms with van der Waals surface area (Å²) in [4.78, 5) is 29.3. The van der Waals surface area contributed by atoms with Gasteiger partial charge in [-0.25, -0.2) is 4.79 Å². The van der Waals surface area contributed by atoms with Gasteiger partial charge in [-0.2, -0.15) is 13.1 Å². The van der Waals surface area contributed by atoms with Crippen LogP contribution in [0.2, 0.25) is 0 Å². The summed E-state index contributed by atoms with van der Waals surface area (Å²) in [6, 6.07) is 6.63. The van der Waals surface area contributed by atoms with Crippen LogP contribution < -0.4 is 14.8 Å². The van der Waals surface area contributed by atoms with Crippen molar-refractivity contribution in [2.24, 2.45) is 4.40 Å². The highest BCUT2D eigenvalue weighted by atomic mass is 32.2. The first-order valence-corrected chi connectivity index (χ1v) is 11.6. The second kappa shape index (κ2) is 6.95. The molecule has 0 aliphatic carbocycles. The Morgan fingerprint density at radius 1 is 1.20 bits per heavy atom. The van der Waals surface area contributed by atoms with Gasteiger partial charge in [0, 0.05) is 24.9 Å². The van der Waals surface area contributed by atoms with E-state index in [1.807, 2.05) is 11.0 Å². The number of ether oxygens (including phenoxy) is 1. The minimum atomic E-state index is -3.87. The molecule has 0 bridgehead atoms. The molecule has 30 heavy (non-hydrogen) atoms. The topological polar surface area (TPSA) is 120 Å². The molecule has 2 saturated heterocycles. The predicted octanol–water partition coefficient (Wildman–Crippen LogP) is 0.665. The molecule has 5 rings (SSSR count). The Balaban J connectivity index is 1.45. The first kappa shape index (κ1) is 19.3. The van der Waals surface area contributed by atoms with E-state index in [1.165, 1.54) is 0 Å². The van der Waals surface area contributed by atoms with Gasteiger partial charge in [-0.1, -0.05) is 24.6 Å². The van der Waals surface area contributed by atoms with Crippen LogP contribution in [0.25, 0.3) is 0 Å². The molecule has 4 heterocycles. The number of benzene rings is 1. The number of nitrogens with one attached hydrogen (secondary N) is 2. The van der Waals surface area contributed by atoms with Gasteiger partial charge in [0.05, 0.1) is 13.2 Å². The van der Waals surface area contributed by atoms with E-state index >= 15 is 0 Å². The summed E-state index contributed by atoms with van der Waals surface area (Å²) >= 11 is 0. The molecule has 11 heteroatoms. The van der Waals surface area contributed by atoms with Crippen molar-refractivity contribution in [3.63, 3.8) is 0 Å². The molecule has 10 nitrogen and oxygen atoms in total. The second-order valence-corrected chi connectivity index (χ2v) is 9.33. The van der Waals surface area contributed by atoms with E-state index in [0.29, 0.717) is 43.1 Å². The van der Waals surface area contributed by atoms with Gasteiger partial charge in [0.1, 0.15) is 17.8 Å². The third kappa shape index (κ3) is 3.03. The summed E-state index contributed by atoms with van der Waals surface area (Å²) in [7, 11) is -3.87. The zero-order valence-corrected chi connectivity index (χ0v) is 17.2. The van der Waals surface area contributed by atoms with E-state index in [2.05, 4.69) is 14.4 Å². The van der Waals surface area contributed by atoms with Gasteiger partial charge in [-0.15, -0.1) is 4.40 Å². The fourth-order valence-electron chi connectivity index (χ4n) is 4.70. The minimum Gasteiger partial charge on any atom is -0.493 e. The lowest BCUT2D eigenvalue weighted by atomic mass is 9.84. The number of amidine groups is 1. The zero-order chi connectivity index (χ0) is 20.9. The zero-order valence-electron chi connectivity index (χ0n) is 16.3. The maximum atomic E-state index is 13.5. The summed E-state index contributed by atoms with van der Waals surface area (Å²) in [6.07, 6.45) is 2.88. The number of para-hydroxylation sites is 1. The van der Waals surface area contributed by atoms with Crippen LogP contribution in [-0.2, 0) is 20.5 Å². The molecule has 2 atom stereocenters. The van der Waals surface area contributed by atoms with Crippen LogP contribution in [0.3, 0.4) is 0 Å². The van der Waals surface area contributed by atoms with Crippen LogP contribution >= 0.6 is 0 Å². The van der Waals surface area contributed by atoms with Crippen molar-refractivity contribution in [3.8, 4) is 5.75 Å². The molecule has 0 saturated carbocycles. The lowest BCUT2D eigenvalue weighted by Gasteiger charge is -2.38. The molecule has 0 aromatic heterocycles. The summed E-state index contributed by atoms with van der Waals surface area (Å²) < 4.78 is 36.6. The van der Waals surface area contributed by atoms with E-state index in [-0.39, 0.29) is 12.5 Å². The average molecular weight is 433 g/mol. The van der Waals surface area contributed by atoms with Crippen molar-refractivity contribution in [2.75, 3.05) is 19.7 Å². The van der Waals surface area contributed by atoms with Gasteiger partial charge in [-0.3, -0.25) is 9.69 Å². The first-order valence-electron chi connectivity index (χ1n) is 10.1. The third-order valence-corrected chi connectivity index (χ3v) is 7.15. The lowest BCUT2D eigenvalue weighted by Crippen LogP contribution is -2.59. The highest BCUT2D eigenvalue weighted by Gasteiger charge is 2.55. The average Bonchev–Trinajstić information content (AvgIpc) is 2.87. The summed E-state index contributed by atoms with van der Waals surface area (Å²) in [5.74, 6) is 0.676. The second-order valence-electron chi connectivity index (χ2n) is 7.97. The molecular formula is C19H23N5O5S. The molecule has 1 aromatic rings. The number of urea groups is 1. The highest BCUT2D eigenvalue weighted by Crippen LogP contribution is 2.41. The highest BCUT2D eigenvalue weighted by molar-refractivity contribution is 7.88. The smallest absolute Gasteiger partial charge is 0.325 e. The monoisotopic (exact) mass is 433 g/mol. The number of hydrogen-bond acceptors (Lipinski definition) is 6. The number of rotatable bonds is 2. The summed E-state index contributed by atoms with van der Waals surface area (Å²) in [6.45, 7) is 0.834. The Kier molecular flexibility index (Phi) is 4.47. The Morgan fingerprint density at radius 2 is 2.03 bits per heavy atom. The number of amides is 3. The van der Waals surface area contributed by atoms with E-state index < -0.39 is 27.9 Å². The number of nitrogens with zero attached hydrogens (tertiary/aromatic N) is 3. The third-order valence-electron chi connectivity index (χ3n) is 6.13. The largest absolute Gasteiger partial charge is 0.493 e. The Bertz CT molecular complexity index is 1040. The number of carbonyl (C=O) groups excluding carboxylic acids is 2. The normalized spacial score (nSPS) is 30.1. The molecule has 4 aliphatic rings. The van der Waals surface area contributed by atoms with Crippen LogP contribution in [0.15, 0.2) is 28.7 Å². The maximum absolute atomic E-state index is 13.5. The molecule has 3 amide bonds. The molecule has 0 unspecified atom stereocenters. The Labute approximate surface area is 174 Å². The number of carbonyl (C=O) groups is 2. The Hall–Kier alpha value is -2.66. The van der Waals surface area contributed by atoms with Gasteiger partial charge in [0.15, 0.2) is 5.54 Å². The minimum absolute atomic E-state index is 0.0896. The summed E-state index contributed by atoms with van der Waals surface area (Å²) in [5, 5.41) is 2.85. The number of hydrogen-bond donors (Lipinski definition) is 2. The van der Waals surface area contributed by atoms with Crippen LogP contribution in [0, 0.1) is 0 Å². The predicted molar refractivity (Wildman–Crippen MR) is 107 cm³/mol. The Morgan fingerprint density at radius 3 is 2.90 bits per heavy atom. The van der Waals surface area contributed by atoms with Crippen molar-refractivity contribution in [3.05, 3.63) is 29.8 Å². The number of imide groups is 1. The number of fused-ring (bicyclic) bond motifs is 3. The van der Waals surface area contributed by atoms with Crippen molar-refractivity contribution in [1.82, 2.24) is 19.8 Å². The molecule has 160 valence electrons. The van der Waals surface area contributed by atoms with Crippen LogP contribution in [-0.4, -0.2) is 61.9 Å². The molecule has 1 aromatic carbocycles. The van der Waals surface area contributed by atoms with Crippen molar-refractivity contribution >= 4 is 28.0 Å². The SMILES string of the molecule is O=C1N[C@]2(CCOc3ccccc32)C(=O)N1C[C@@H]1NS(=O)(=O)N=C2CCCCCN21. The molecule has 2 fully saturated rings. The van der Waals surface area contributed by atoms with Gasteiger partial charge >= 0.3 is 16.2 Å². The molecule has 2 N–H and O–H groups in total. The quantitative estimate of drug-likeness (QED) is 0.662. The first-order chi connectivity index (χ1) is 14.4. The van der Waals surface area contributed by atoms with Gasteiger partial charge in [-0.05, 0) is 18.9 Å². The fourth-order valence-corrected chi connectivity index (χ4v) is 5.77. The molecule has 4 aliphatic heterocycles. The van der Waals surface area contributed by atoms with E-state index in [9.17, 15) is 18.0 Å². The van der Waals surface area contributed by atoms with E-state index in [4.69, 9.17) is 4.74 Å². The van der Waals surface area contributed by atoms with Gasteiger partial charge < -0.3 is 15.0 Å². The molecule has 1 spiro atoms. The maximum Gasteiger partial charge on any atom is 0.325 e. The van der Waals surface area contributed by atoms with Crippen LogP contribution in [0.5, 0.6) is 5.75 Å². The van der Waals surface area contributed by atoms with E-state index in [0.717, 1.165) is 24.2 Å². The lowest BCUT2D eigenvalue weighted by molar-refractivity contribution is -0.133. The van der Waals surface area contributed by atoms with Crippen LogP contribution in [0.4, 0.5) is 4.79 Å². The summed E-state index contributed by atoms with van der Waals surface area (Å²) in [5.41, 5.74) is -0.562. The van der Waals surface area contributed by atoms with Gasteiger partial charge in [0.25, 0.3) is 5.91 Å². The molecule has 0 radical (unpaired) electrons. The fraction of sp³-hybridized carbons (Fsp3) is 0.526. The van der Waals surface area contributed by atoms with Crippen molar-refractivity contribution < 1.29 is 22.7 Å².